The summed E-state index contributed by atoms with van der Waals surface area (Å²) in [5.41, 5.74) is 0.121. The first-order valence-corrected chi connectivity index (χ1v) is 12.1. The van der Waals surface area contributed by atoms with Crippen LogP contribution in [0.5, 0.6) is 5.75 Å². The van der Waals surface area contributed by atoms with Crippen molar-refractivity contribution >= 4 is 5.91 Å². The molecule has 4 rings (SSSR count). The van der Waals surface area contributed by atoms with Crippen LogP contribution >= 0.6 is 0 Å². The molecule has 34 heavy (non-hydrogen) atoms. The molecule has 1 saturated heterocycles. The average molecular weight is 471 g/mol. The van der Waals surface area contributed by atoms with Crippen LogP contribution in [-0.4, -0.2) is 79.0 Å². The van der Waals surface area contributed by atoms with Crippen molar-refractivity contribution in [2.45, 2.75) is 43.2 Å². The Bertz CT molecular complexity index is 935. The molecule has 2 aromatic rings. The highest BCUT2D eigenvalue weighted by Gasteiger charge is 2.40. The van der Waals surface area contributed by atoms with Crippen molar-refractivity contribution < 1.29 is 23.8 Å². The molecular formula is C27H35FN2O4. The van der Waals surface area contributed by atoms with Crippen LogP contribution in [0.3, 0.4) is 0 Å². The largest absolute Gasteiger partial charge is 0.490 e. The summed E-state index contributed by atoms with van der Waals surface area (Å²) in [6, 6.07) is 16.9. The van der Waals surface area contributed by atoms with Gasteiger partial charge in [0.1, 0.15) is 30.4 Å². The summed E-state index contributed by atoms with van der Waals surface area (Å²) in [4.78, 5) is 16.6. The molecular weight excluding hydrogens is 435 g/mol. The number of ether oxygens (including phenoxy) is 2. The van der Waals surface area contributed by atoms with Gasteiger partial charge in [0.2, 0.25) is 5.91 Å². The molecule has 0 bridgehead atoms. The maximum Gasteiger partial charge on any atom is 0.248 e. The van der Waals surface area contributed by atoms with Gasteiger partial charge in [-0.25, -0.2) is 4.39 Å². The van der Waals surface area contributed by atoms with Crippen molar-refractivity contribution in [1.29, 1.82) is 0 Å². The van der Waals surface area contributed by atoms with Gasteiger partial charge in [0.25, 0.3) is 0 Å². The van der Waals surface area contributed by atoms with Crippen molar-refractivity contribution in [3.63, 3.8) is 0 Å². The van der Waals surface area contributed by atoms with E-state index in [-0.39, 0.29) is 31.5 Å². The normalized spacial score (nSPS) is 26.1. The second-order valence-corrected chi connectivity index (χ2v) is 9.61. The predicted octanol–water partition coefficient (Wildman–Crippen LogP) is 3.45. The lowest BCUT2D eigenvalue weighted by molar-refractivity contribution is -0.138. The van der Waals surface area contributed by atoms with Gasteiger partial charge in [-0.1, -0.05) is 36.4 Å². The third-order valence-corrected chi connectivity index (χ3v) is 7.05. The monoisotopic (exact) mass is 470 g/mol. The van der Waals surface area contributed by atoms with Gasteiger partial charge in [-0.2, -0.15) is 0 Å². The molecule has 1 amide bonds. The topological polar surface area (TPSA) is 62.2 Å². The Kier molecular flexibility index (Phi) is 8.19. The van der Waals surface area contributed by atoms with Crippen molar-refractivity contribution in [2.75, 3.05) is 46.5 Å². The molecule has 2 fully saturated rings. The highest BCUT2D eigenvalue weighted by molar-refractivity contribution is 5.77. The minimum absolute atomic E-state index is 0.0247. The van der Waals surface area contributed by atoms with Gasteiger partial charge in [-0.05, 0) is 49.3 Å². The molecule has 0 radical (unpaired) electrons. The van der Waals surface area contributed by atoms with Crippen LogP contribution in [0.1, 0.15) is 37.2 Å². The first-order valence-electron chi connectivity index (χ1n) is 12.1. The van der Waals surface area contributed by atoms with E-state index in [1.165, 1.54) is 24.8 Å². The zero-order valence-corrected chi connectivity index (χ0v) is 19.9. The molecule has 1 aliphatic carbocycles. The van der Waals surface area contributed by atoms with E-state index in [1.807, 2.05) is 0 Å². The fraction of sp³-hybridized carbons (Fsp3) is 0.519. The van der Waals surface area contributed by atoms with E-state index in [1.54, 1.807) is 17.0 Å². The Morgan fingerprint density at radius 2 is 1.82 bits per heavy atom. The van der Waals surface area contributed by atoms with Gasteiger partial charge in [0.15, 0.2) is 0 Å². The van der Waals surface area contributed by atoms with Crippen molar-refractivity contribution in [2.24, 2.45) is 0 Å². The summed E-state index contributed by atoms with van der Waals surface area (Å²) in [5, 5.41) is 11.6. The number of methoxy groups -OCH3 is 1. The first-order chi connectivity index (χ1) is 16.5. The van der Waals surface area contributed by atoms with Crippen LogP contribution in [0.25, 0.3) is 0 Å². The quantitative estimate of drug-likeness (QED) is 0.672. The lowest BCUT2D eigenvalue weighted by Gasteiger charge is -2.39. The molecule has 7 heteroatoms. The van der Waals surface area contributed by atoms with E-state index >= 15 is 0 Å². The molecule has 1 N–H and O–H groups in total. The first kappa shape index (κ1) is 24.6. The molecule has 1 atom stereocenters. The van der Waals surface area contributed by atoms with Gasteiger partial charge in [-0.15, -0.1) is 0 Å². The second kappa shape index (κ2) is 11.3. The van der Waals surface area contributed by atoms with Gasteiger partial charge < -0.3 is 19.5 Å². The molecule has 0 spiro atoms. The van der Waals surface area contributed by atoms with Crippen molar-refractivity contribution in [1.82, 2.24) is 9.80 Å². The highest BCUT2D eigenvalue weighted by Crippen LogP contribution is 2.35. The number of carbonyl (C=O) groups is 1. The number of rotatable bonds is 7. The van der Waals surface area contributed by atoms with Gasteiger partial charge in [0.05, 0.1) is 6.54 Å². The zero-order valence-electron chi connectivity index (χ0n) is 19.9. The summed E-state index contributed by atoms with van der Waals surface area (Å²) in [6.07, 6.45) is 4.31. The smallest absolute Gasteiger partial charge is 0.248 e. The highest BCUT2D eigenvalue weighted by atomic mass is 19.1. The van der Waals surface area contributed by atoms with E-state index in [0.717, 1.165) is 25.7 Å². The fourth-order valence-electron chi connectivity index (χ4n) is 5.30. The van der Waals surface area contributed by atoms with E-state index < -0.39 is 5.60 Å². The fourth-order valence-corrected chi connectivity index (χ4v) is 5.30. The Balaban J connectivity index is 1.44. The molecule has 2 aromatic carbocycles. The Morgan fingerprint density at radius 1 is 1.06 bits per heavy atom. The summed E-state index contributed by atoms with van der Waals surface area (Å²) in [6.45, 7) is 1.73. The maximum absolute atomic E-state index is 13.6. The van der Waals surface area contributed by atoms with Crippen LogP contribution in [-0.2, 0) is 9.53 Å². The van der Waals surface area contributed by atoms with Crippen molar-refractivity contribution in [3.8, 4) is 5.75 Å². The average Bonchev–Trinajstić information content (AvgIpc) is 3.03. The minimum Gasteiger partial charge on any atom is -0.490 e. The number of halogens is 1. The molecule has 2 aliphatic rings. The SMILES string of the molecule is COCC(=O)N1CCN(C2CCC(c3ccccc3)CC2)C[C@@](O)(COc2cccc(F)c2)C1. The Labute approximate surface area is 201 Å². The summed E-state index contributed by atoms with van der Waals surface area (Å²) in [7, 11) is 1.49. The van der Waals surface area contributed by atoms with Crippen LogP contribution in [0, 0.1) is 5.82 Å². The maximum atomic E-state index is 13.6. The molecule has 184 valence electrons. The van der Waals surface area contributed by atoms with E-state index in [0.29, 0.717) is 37.3 Å². The van der Waals surface area contributed by atoms with Crippen LogP contribution in [0.2, 0.25) is 0 Å². The Morgan fingerprint density at radius 3 is 2.53 bits per heavy atom. The lowest BCUT2D eigenvalue weighted by atomic mass is 9.81. The molecule has 0 unspecified atom stereocenters. The zero-order chi connectivity index (χ0) is 24.0. The van der Waals surface area contributed by atoms with E-state index in [4.69, 9.17) is 9.47 Å². The molecule has 1 aliphatic heterocycles. The van der Waals surface area contributed by atoms with Gasteiger partial charge >= 0.3 is 0 Å². The number of carbonyl (C=O) groups excluding carboxylic acids is 1. The molecule has 1 heterocycles. The number of nitrogens with zero attached hydrogens (tertiary/aromatic N) is 2. The summed E-state index contributed by atoms with van der Waals surface area (Å²) < 4.78 is 24.4. The summed E-state index contributed by atoms with van der Waals surface area (Å²) >= 11 is 0. The van der Waals surface area contributed by atoms with Gasteiger partial charge in [-0.3, -0.25) is 9.69 Å². The number of amides is 1. The Hall–Kier alpha value is -2.48. The number of hydrogen-bond donors (Lipinski definition) is 1. The third-order valence-electron chi connectivity index (χ3n) is 7.05. The number of β-amino-alcohol motifs (C(OH)–C–C–N with tert-alkyl or cyclic N) is 1. The predicted molar refractivity (Wildman–Crippen MR) is 128 cm³/mol. The van der Waals surface area contributed by atoms with E-state index in [2.05, 4.69) is 35.2 Å². The van der Waals surface area contributed by atoms with Crippen molar-refractivity contribution in [3.05, 3.63) is 66.0 Å². The standard InChI is InChI=1S/C27H35FN2O4/c1-33-17-26(31)30-15-14-29(24-12-10-22(11-13-24)21-6-3-2-4-7-21)18-27(32,19-30)20-34-25-9-5-8-23(28)16-25/h2-9,16,22,24,32H,10-15,17-20H2,1H3/t22?,24?,27-/m0/s1. The third kappa shape index (κ3) is 6.34. The van der Waals surface area contributed by atoms with Crippen LogP contribution in [0.4, 0.5) is 4.39 Å². The molecule has 6 nitrogen and oxygen atoms in total. The molecule has 0 aromatic heterocycles. The molecule has 1 saturated carbocycles. The van der Waals surface area contributed by atoms with E-state index in [9.17, 15) is 14.3 Å². The minimum atomic E-state index is -1.28. The second-order valence-electron chi connectivity index (χ2n) is 9.61. The number of hydrogen-bond acceptors (Lipinski definition) is 5. The summed E-state index contributed by atoms with van der Waals surface area (Å²) in [5.74, 6) is 0.391. The van der Waals surface area contributed by atoms with Crippen LogP contribution < -0.4 is 4.74 Å². The number of aliphatic hydroxyl groups is 1. The van der Waals surface area contributed by atoms with Crippen LogP contribution in [0.15, 0.2) is 54.6 Å². The lowest BCUT2D eigenvalue weighted by Crippen LogP contribution is -2.54. The van der Waals surface area contributed by atoms with Gasteiger partial charge in [0, 0.05) is 38.9 Å². The number of benzene rings is 2.